The van der Waals surface area contributed by atoms with Crippen LogP contribution in [0, 0.1) is 0 Å². The molecule has 0 radical (unpaired) electrons. The molecule has 1 fully saturated rings. The summed E-state index contributed by atoms with van der Waals surface area (Å²) in [4.78, 5) is 17.4. The van der Waals surface area contributed by atoms with E-state index in [1.165, 1.54) is 14.2 Å². The normalized spacial score (nSPS) is 18.1. The molecule has 1 heterocycles. The van der Waals surface area contributed by atoms with E-state index in [1.807, 2.05) is 0 Å². The minimum Gasteiger partial charge on any atom is -0.495 e. The molecule has 1 atom stereocenters. The lowest BCUT2D eigenvalue weighted by molar-refractivity contribution is -0.186. The second-order valence-electron chi connectivity index (χ2n) is 4.54. The highest BCUT2D eigenvalue weighted by atomic mass is 79.9. The van der Waals surface area contributed by atoms with Gasteiger partial charge in [-0.1, -0.05) is 0 Å². The maximum absolute atomic E-state index is 12.1. The second-order valence-corrected chi connectivity index (χ2v) is 5.33. The molecular weight excluding hydrogens is 342 g/mol. The maximum Gasteiger partial charge on any atom is 0.275 e. The Hall–Kier alpha value is -1.31. The van der Waals surface area contributed by atoms with E-state index in [4.69, 9.17) is 19.0 Å². The molecule has 1 amide bonds. The summed E-state index contributed by atoms with van der Waals surface area (Å²) in [6, 6.07) is 3.21. The average Bonchev–Trinajstić information content (AvgIpc) is 2.53. The number of ether oxygens (including phenoxy) is 3. The van der Waals surface area contributed by atoms with Crippen molar-refractivity contribution in [2.75, 3.05) is 20.8 Å². The number of hydrogen-bond acceptors (Lipinski definition) is 5. The quantitative estimate of drug-likeness (QED) is 0.818. The van der Waals surface area contributed by atoms with Crippen LogP contribution in [0.4, 0.5) is 0 Å². The third-order valence-electron chi connectivity index (χ3n) is 3.13. The first-order valence-electron chi connectivity index (χ1n) is 6.65. The standard InChI is InChI=1S/C14H18BrNO5/c1-18-10-7-9(8-11(19-2)13(10)15)14(17)16-21-12-5-3-4-6-20-12/h7-8,12H,3-6H2,1-2H3,(H,16,17). The number of carbonyl (C=O) groups is 1. The molecule has 1 aromatic rings. The molecule has 1 saturated heterocycles. The Morgan fingerprint density at radius 2 is 1.95 bits per heavy atom. The number of halogens is 1. The van der Waals surface area contributed by atoms with Crippen LogP contribution < -0.4 is 15.0 Å². The summed E-state index contributed by atoms with van der Waals surface area (Å²) in [6.07, 6.45) is 2.43. The van der Waals surface area contributed by atoms with Crippen LogP contribution in [-0.2, 0) is 9.57 Å². The molecule has 0 saturated carbocycles. The molecule has 0 aromatic heterocycles. The SMILES string of the molecule is COc1cc(C(=O)NOC2CCCCO2)cc(OC)c1Br. The molecule has 1 aromatic carbocycles. The van der Waals surface area contributed by atoms with Gasteiger partial charge >= 0.3 is 0 Å². The lowest BCUT2D eigenvalue weighted by Gasteiger charge is -2.22. The van der Waals surface area contributed by atoms with Crippen LogP contribution in [0.5, 0.6) is 11.5 Å². The van der Waals surface area contributed by atoms with Crippen molar-refractivity contribution in [2.45, 2.75) is 25.6 Å². The van der Waals surface area contributed by atoms with Crippen molar-refractivity contribution in [1.82, 2.24) is 5.48 Å². The van der Waals surface area contributed by atoms with Gasteiger partial charge in [-0.3, -0.25) is 4.79 Å². The molecule has 2 rings (SSSR count). The van der Waals surface area contributed by atoms with E-state index in [2.05, 4.69) is 21.4 Å². The Kier molecular flexibility index (Phi) is 5.84. The molecule has 0 bridgehead atoms. The highest BCUT2D eigenvalue weighted by molar-refractivity contribution is 9.10. The fourth-order valence-corrected chi connectivity index (χ4v) is 2.54. The highest BCUT2D eigenvalue weighted by Crippen LogP contribution is 2.35. The first kappa shape index (κ1) is 16.1. The summed E-state index contributed by atoms with van der Waals surface area (Å²) in [5.74, 6) is 0.634. The largest absolute Gasteiger partial charge is 0.495 e. The van der Waals surface area contributed by atoms with E-state index >= 15 is 0 Å². The number of carbonyl (C=O) groups excluding carboxylic acids is 1. The monoisotopic (exact) mass is 359 g/mol. The number of rotatable bonds is 5. The fraction of sp³-hybridized carbons (Fsp3) is 0.500. The predicted molar refractivity (Wildman–Crippen MR) is 79.4 cm³/mol. The second kappa shape index (κ2) is 7.63. The first-order chi connectivity index (χ1) is 10.2. The number of methoxy groups -OCH3 is 2. The Morgan fingerprint density at radius 3 is 2.48 bits per heavy atom. The van der Waals surface area contributed by atoms with Crippen LogP contribution in [0.2, 0.25) is 0 Å². The Balaban J connectivity index is 2.04. The van der Waals surface area contributed by atoms with E-state index < -0.39 is 0 Å². The van der Waals surface area contributed by atoms with Crippen LogP contribution >= 0.6 is 15.9 Å². The van der Waals surface area contributed by atoms with Crippen LogP contribution in [-0.4, -0.2) is 33.0 Å². The summed E-state index contributed by atoms with van der Waals surface area (Å²) in [5, 5.41) is 0. The van der Waals surface area contributed by atoms with Gasteiger partial charge in [0.15, 0.2) is 6.29 Å². The Labute approximate surface area is 131 Å². The van der Waals surface area contributed by atoms with E-state index in [9.17, 15) is 4.79 Å². The van der Waals surface area contributed by atoms with Crippen molar-refractivity contribution in [2.24, 2.45) is 0 Å². The molecule has 21 heavy (non-hydrogen) atoms. The number of amides is 1. The Morgan fingerprint density at radius 1 is 1.29 bits per heavy atom. The summed E-state index contributed by atoms with van der Waals surface area (Å²) >= 11 is 3.35. The summed E-state index contributed by atoms with van der Waals surface area (Å²) in [7, 11) is 3.04. The minimum atomic E-state index is -0.387. The third kappa shape index (κ3) is 4.09. The molecule has 6 nitrogen and oxygen atoms in total. The Bertz CT molecular complexity index is 477. The topological polar surface area (TPSA) is 66.0 Å². The van der Waals surface area contributed by atoms with Crippen LogP contribution in [0.3, 0.4) is 0 Å². The van der Waals surface area contributed by atoms with Gasteiger partial charge in [0, 0.05) is 18.6 Å². The van der Waals surface area contributed by atoms with Crippen LogP contribution in [0.25, 0.3) is 0 Å². The van der Waals surface area contributed by atoms with Gasteiger partial charge in [0.1, 0.15) is 16.0 Å². The van der Waals surface area contributed by atoms with Gasteiger partial charge in [-0.15, -0.1) is 0 Å². The van der Waals surface area contributed by atoms with Crippen molar-refractivity contribution in [1.29, 1.82) is 0 Å². The number of hydrogen-bond donors (Lipinski definition) is 1. The van der Waals surface area contributed by atoms with Crippen molar-refractivity contribution in [3.05, 3.63) is 22.2 Å². The predicted octanol–water partition coefficient (Wildman–Crippen LogP) is 2.65. The first-order valence-corrected chi connectivity index (χ1v) is 7.44. The molecule has 1 aliphatic rings. The summed E-state index contributed by atoms with van der Waals surface area (Å²) < 4.78 is 16.4. The van der Waals surface area contributed by atoms with Gasteiger partial charge in [-0.05, 0) is 40.9 Å². The zero-order valence-electron chi connectivity index (χ0n) is 12.0. The van der Waals surface area contributed by atoms with Crippen LogP contribution in [0.1, 0.15) is 29.6 Å². The number of hydroxylamine groups is 1. The van der Waals surface area contributed by atoms with Gasteiger partial charge in [0.2, 0.25) is 0 Å². The van der Waals surface area contributed by atoms with Crippen LogP contribution in [0.15, 0.2) is 16.6 Å². The van der Waals surface area contributed by atoms with E-state index in [-0.39, 0.29) is 12.2 Å². The minimum absolute atomic E-state index is 0.378. The van der Waals surface area contributed by atoms with Gasteiger partial charge < -0.3 is 14.2 Å². The zero-order chi connectivity index (χ0) is 15.2. The van der Waals surface area contributed by atoms with Gasteiger partial charge in [0.25, 0.3) is 5.91 Å². The molecule has 1 unspecified atom stereocenters. The number of nitrogens with one attached hydrogen (secondary N) is 1. The molecular formula is C14H18BrNO5. The highest BCUT2D eigenvalue weighted by Gasteiger charge is 2.18. The van der Waals surface area contributed by atoms with Gasteiger partial charge in [-0.25, -0.2) is 10.3 Å². The molecule has 1 N–H and O–H groups in total. The number of benzene rings is 1. The average molecular weight is 360 g/mol. The van der Waals surface area contributed by atoms with Gasteiger partial charge in [0.05, 0.1) is 14.2 Å². The lowest BCUT2D eigenvalue weighted by Crippen LogP contribution is -2.33. The molecule has 0 aliphatic carbocycles. The molecule has 116 valence electrons. The van der Waals surface area contributed by atoms with E-state index in [1.54, 1.807) is 12.1 Å². The van der Waals surface area contributed by atoms with Crippen molar-refractivity contribution >= 4 is 21.8 Å². The third-order valence-corrected chi connectivity index (χ3v) is 3.91. The smallest absolute Gasteiger partial charge is 0.275 e. The summed E-state index contributed by atoms with van der Waals surface area (Å²) in [6.45, 7) is 0.653. The fourth-order valence-electron chi connectivity index (χ4n) is 1.98. The maximum atomic E-state index is 12.1. The van der Waals surface area contributed by atoms with Gasteiger partial charge in [-0.2, -0.15) is 0 Å². The van der Waals surface area contributed by atoms with Crippen molar-refractivity contribution < 1.29 is 23.8 Å². The van der Waals surface area contributed by atoms with Crippen molar-refractivity contribution in [3.63, 3.8) is 0 Å². The van der Waals surface area contributed by atoms with E-state index in [0.29, 0.717) is 28.1 Å². The molecule has 0 spiro atoms. The van der Waals surface area contributed by atoms with E-state index in [0.717, 1.165) is 19.3 Å². The molecule has 7 heteroatoms. The van der Waals surface area contributed by atoms with Crippen molar-refractivity contribution in [3.8, 4) is 11.5 Å². The zero-order valence-corrected chi connectivity index (χ0v) is 13.6. The molecule has 1 aliphatic heterocycles. The lowest BCUT2D eigenvalue weighted by atomic mass is 10.2. The summed E-state index contributed by atoms with van der Waals surface area (Å²) in [5.41, 5.74) is 2.78.